The minimum absolute atomic E-state index is 0.0258. The molecule has 0 aliphatic heterocycles. The molecule has 10 heteroatoms. The second-order valence-corrected chi connectivity index (χ2v) is 11.1. The van der Waals surface area contributed by atoms with Gasteiger partial charge in [-0.05, 0) is 20.8 Å². The highest BCUT2D eigenvalue weighted by atomic mass is 32.2. The van der Waals surface area contributed by atoms with Gasteiger partial charge in [0.05, 0.1) is 40.0 Å². The molecule has 0 saturated carbocycles. The molecular formula is C12H31N3O5S2+2. The van der Waals surface area contributed by atoms with Crippen LogP contribution in [0.3, 0.4) is 0 Å². The third kappa shape index (κ3) is 7.34. The van der Waals surface area contributed by atoms with Crippen LogP contribution in [0.5, 0.6) is 0 Å². The van der Waals surface area contributed by atoms with Gasteiger partial charge in [0.25, 0.3) is 0 Å². The maximum Gasteiger partial charge on any atom is 0.316 e. The Kier molecular flexibility index (Phi) is 7.02. The molecule has 0 radical (unpaired) electrons. The third-order valence-corrected chi connectivity index (χ3v) is 6.57. The fourth-order valence-electron chi connectivity index (χ4n) is 1.94. The van der Waals surface area contributed by atoms with Gasteiger partial charge in [-0.1, -0.05) is 0 Å². The van der Waals surface area contributed by atoms with Gasteiger partial charge < -0.3 is 8.97 Å². The number of hydrogen-bond donors (Lipinski definition) is 1. The number of rotatable bonds is 9. The molecule has 8 nitrogen and oxygen atoms in total. The van der Waals surface area contributed by atoms with E-state index in [1.54, 1.807) is 27.9 Å². The average Bonchev–Trinajstić information content (AvgIpc) is 2.23. The largest absolute Gasteiger partial charge is 0.316 e. The van der Waals surface area contributed by atoms with Gasteiger partial charge in [-0.15, -0.1) is 4.31 Å². The molecule has 0 rings (SSSR count). The lowest BCUT2D eigenvalue weighted by atomic mass is 10.5. The molecule has 22 heavy (non-hydrogen) atoms. The summed E-state index contributed by atoms with van der Waals surface area (Å²) >= 11 is 0. The van der Waals surface area contributed by atoms with E-state index in [0.29, 0.717) is 4.48 Å². The second kappa shape index (κ2) is 7.10. The summed E-state index contributed by atoms with van der Waals surface area (Å²) in [5, 5.41) is -0.602. The van der Waals surface area contributed by atoms with Gasteiger partial charge in [0.1, 0.15) is 0 Å². The summed E-state index contributed by atoms with van der Waals surface area (Å²) in [6.07, 6.45) is 0. The summed E-state index contributed by atoms with van der Waals surface area (Å²) in [5.74, 6) is -0.545. The topological polar surface area (TPSA) is 91.8 Å². The zero-order valence-electron chi connectivity index (χ0n) is 14.6. The first kappa shape index (κ1) is 21.7. The quantitative estimate of drug-likeness (QED) is 0.353. The summed E-state index contributed by atoms with van der Waals surface area (Å²) in [7, 11) is -0.782. The predicted octanol–water partition coefficient (Wildman–Crippen LogP) is -0.0404. The van der Waals surface area contributed by atoms with Gasteiger partial charge in [-0.25, -0.2) is 8.42 Å². The lowest BCUT2D eigenvalue weighted by Gasteiger charge is -2.38. The molecule has 1 N–H and O–H groups in total. The maximum absolute atomic E-state index is 12.6. The van der Waals surface area contributed by atoms with Crippen molar-refractivity contribution in [2.75, 3.05) is 53.9 Å². The Bertz CT molecular complexity index is 568. The number of nitrogens with zero attached hydrogens (tertiary/aromatic N) is 3. The molecule has 0 bridgehead atoms. The van der Waals surface area contributed by atoms with Crippen LogP contribution in [0, 0.1) is 0 Å². The molecular weight excluding hydrogens is 330 g/mol. The van der Waals surface area contributed by atoms with Crippen molar-refractivity contribution in [2.45, 2.75) is 26.0 Å². The normalized spacial score (nSPS) is 14.8. The number of quaternary nitrogens is 2. The van der Waals surface area contributed by atoms with E-state index in [2.05, 4.69) is 0 Å². The van der Waals surface area contributed by atoms with Crippen molar-refractivity contribution >= 4 is 20.1 Å². The van der Waals surface area contributed by atoms with Crippen LogP contribution in [-0.4, -0.2) is 93.9 Å². The molecule has 0 unspecified atom stereocenters. The molecule has 134 valence electrons. The fraction of sp³-hybridized carbons (Fsp3) is 1.00. The van der Waals surface area contributed by atoms with Crippen LogP contribution in [-0.2, 0) is 20.1 Å². The van der Waals surface area contributed by atoms with Crippen molar-refractivity contribution in [3.05, 3.63) is 0 Å². The van der Waals surface area contributed by atoms with Crippen LogP contribution < -0.4 is 0 Å². The maximum atomic E-state index is 12.6. The summed E-state index contributed by atoms with van der Waals surface area (Å²) in [4.78, 5) is 0. The van der Waals surface area contributed by atoms with Crippen LogP contribution in [0.1, 0.15) is 20.8 Å². The van der Waals surface area contributed by atoms with Gasteiger partial charge in [0.15, 0.2) is 13.3 Å². The standard InChI is InChI=1S/C12H30N3O5S2/c1-8-14(4,5)9-13(22(19,20)12(2)3)10-15(6,7)11-21(16,17)18/h12H,8-11H2,1-7H3/q+1/p+1. The predicted molar refractivity (Wildman–Crippen MR) is 86.8 cm³/mol. The molecule has 0 aliphatic rings. The first-order chi connectivity index (χ1) is 9.52. The molecule has 0 saturated heterocycles. The second-order valence-electron chi connectivity index (χ2n) is 7.23. The smallest absolute Gasteiger partial charge is 0.315 e. The number of sulfonamides is 1. The molecule has 0 spiro atoms. The lowest BCUT2D eigenvalue weighted by Crippen LogP contribution is -2.58. The molecule has 0 aliphatic carbocycles. The third-order valence-electron chi connectivity index (χ3n) is 3.41. The van der Waals surface area contributed by atoms with E-state index in [-0.39, 0.29) is 17.8 Å². The summed E-state index contributed by atoms with van der Waals surface area (Å²) in [6.45, 7) is 6.09. The van der Waals surface area contributed by atoms with Crippen LogP contribution in [0.2, 0.25) is 0 Å². The van der Waals surface area contributed by atoms with Crippen LogP contribution in [0.25, 0.3) is 0 Å². The SMILES string of the molecule is CC[N+](C)(C)CN(C[N+](C)(C)CS(=O)(=O)O)S(=O)(=O)C(C)C. The fourth-order valence-corrected chi connectivity index (χ4v) is 4.45. The van der Waals surface area contributed by atoms with E-state index < -0.39 is 31.3 Å². The Morgan fingerprint density at radius 3 is 1.68 bits per heavy atom. The highest BCUT2D eigenvalue weighted by Gasteiger charge is 2.37. The van der Waals surface area contributed by atoms with E-state index in [1.807, 2.05) is 21.0 Å². The van der Waals surface area contributed by atoms with Crippen molar-refractivity contribution in [3.8, 4) is 0 Å². The molecule has 0 aromatic carbocycles. The highest BCUT2D eigenvalue weighted by Crippen LogP contribution is 2.15. The number of hydrogen-bond acceptors (Lipinski definition) is 4. The minimum atomic E-state index is -4.20. The van der Waals surface area contributed by atoms with Gasteiger partial charge in [0.2, 0.25) is 15.9 Å². The first-order valence-electron chi connectivity index (χ1n) is 7.10. The Hall–Kier alpha value is -0.260. The van der Waals surface area contributed by atoms with Crippen molar-refractivity contribution in [3.63, 3.8) is 0 Å². The van der Waals surface area contributed by atoms with E-state index >= 15 is 0 Å². The molecule has 0 atom stereocenters. The van der Waals surface area contributed by atoms with Crippen LogP contribution >= 0.6 is 0 Å². The Balaban J connectivity index is 5.53. The molecule has 0 fully saturated rings. The van der Waals surface area contributed by atoms with Crippen molar-refractivity contribution in [1.29, 1.82) is 0 Å². The van der Waals surface area contributed by atoms with Crippen molar-refractivity contribution in [2.24, 2.45) is 0 Å². The van der Waals surface area contributed by atoms with E-state index in [9.17, 15) is 16.8 Å². The van der Waals surface area contributed by atoms with Gasteiger partial charge >= 0.3 is 10.1 Å². The summed E-state index contributed by atoms with van der Waals surface area (Å²) in [6, 6.07) is 0. The van der Waals surface area contributed by atoms with E-state index in [1.165, 1.54) is 4.31 Å². The minimum Gasteiger partial charge on any atom is -0.315 e. The molecule has 0 aromatic heterocycles. The lowest BCUT2D eigenvalue weighted by molar-refractivity contribution is -0.917. The van der Waals surface area contributed by atoms with Crippen LogP contribution in [0.4, 0.5) is 0 Å². The zero-order chi connectivity index (χ0) is 18.0. The molecule has 0 heterocycles. The van der Waals surface area contributed by atoms with Crippen molar-refractivity contribution < 1.29 is 30.4 Å². The summed E-state index contributed by atoms with van der Waals surface area (Å²) in [5.41, 5.74) is 0. The Morgan fingerprint density at radius 2 is 1.36 bits per heavy atom. The highest BCUT2D eigenvalue weighted by molar-refractivity contribution is 7.89. The first-order valence-corrected chi connectivity index (χ1v) is 10.2. The zero-order valence-corrected chi connectivity index (χ0v) is 16.3. The van der Waals surface area contributed by atoms with Crippen LogP contribution in [0.15, 0.2) is 0 Å². The Labute approximate surface area is 135 Å². The van der Waals surface area contributed by atoms with E-state index in [4.69, 9.17) is 4.55 Å². The van der Waals surface area contributed by atoms with Gasteiger partial charge in [0, 0.05) is 0 Å². The van der Waals surface area contributed by atoms with Gasteiger partial charge in [-0.3, -0.25) is 4.55 Å². The average molecular weight is 362 g/mol. The molecule has 0 aromatic rings. The monoisotopic (exact) mass is 361 g/mol. The van der Waals surface area contributed by atoms with Gasteiger partial charge in [-0.2, -0.15) is 8.42 Å². The van der Waals surface area contributed by atoms with Crippen molar-refractivity contribution in [1.82, 2.24) is 4.31 Å². The molecule has 0 amide bonds. The Morgan fingerprint density at radius 1 is 0.955 bits per heavy atom. The summed E-state index contributed by atoms with van der Waals surface area (Å²) < 4.78 is 58.0. The van der Waals surface area contributed by atoms with E-state index in [0.717, 1.165) is 6.54 Å².